The van der Waals surface area contributed by atoms with Gasteiger partial charge in [0.05, 0.1) is 6.61 Å². The molecule has 2 rings (SSSR count). The molecule has 0 aliphatic heterocycles. The first-order valence-corrected chi connectivity index (χ1v) is 7.90. The Labute approximate surface area is 149 Å². The van der Waals surface area contributed by atoms with Crippen molar-refractivity contribution in [3.05, 3.63) is 60.2 Å². The number of nitrogens with one attached hydrogen (secondary N) is 1. The van der Waals surface area contributed by atoms with E-state index in [2.05, 4.69) is 19.2 Å². The average Bonchev–Trinajstić information content (AvgIpc) is 2.56. The molecule has 1 atom stereocenters. The number of nitrogens with two attached hydrogens (primary N) is 1. The minimum Gasteiger partial charge on any atom is -0.494 e. The maximum Gasteiger partial charge on any atom is 0.245 e. The first-order chi connectivity index (χ1) is 11.1. The van der Waals surface area contributed by atoms with Crippen LogP contribution < -0.4 is 15.8 Å². The zero-order valence-corrected chi connectivity index (χ0v) is 14.9. The highest BCUT2D eigenvalue weighted by molar-refractivity contribution is 5.95. The molecule has 0 aromatic heterocycles. The van der Waals surface area contributed by atoms with Crippen LogP contribution in [0, 0.1) is 5.92 Å². The van der Waals surface area contributed by atoms with Crippen molar-refractivity contribution in [3.8, 4) is 5.75 Å². The van der Waals surface area contributed by atoms with Crippen molar-refractivity contribution >= 4 is 24.0 Å². The molecule has 24 heavy (non-hydrogen) atoms. The Morgan fingerprint density at radius 1 is 1.08 bits per heavy atom. The molecule has 1 unspecified atom stereocenters. The lowest BCUT2D eigenvalue weighted by atomic mass is 10.1. The van der Waals surface area contributed by atoms with E-state index in [4.69, 9.17) is 10.5 Å². The molecule has 0 fully saturated rings. The summed E-state index contributed by atoms with van der Waals surface area (Å²) in [5.41, 5.74) is 7.47. The summed E-state index contributed by atoms with van der Waals surface area (Å²) in [6.07, 6.45) is 1.02. The van der Waals surface area contributed by atoms with E-state index in [9.17, 15) is 4.79 Å². The summed E-state index contributed by atoms with van der Waals surface area (Å²) in [6.45, 7) is 5.03. The van der Waals surface area contributed by atoms with Gasteiger partial charge >= 0.3 is 0 Å². The Kier molecular flexibility index (Phi) is 8.30. The largest absolute Gasteiger partial charge is 0.494 e. The highest BCUT2D eigenvalue weighted by Gasteiger charge is 2.15. The van der Waals surface area contributed by atoms with E-state index in [0.717, 1.165) is 17.7 Å². The van der Waals surface area contributed by atoms with Gasteiger partial charge in [0.2, 0.25) is 5.91 Å². The van der Waals surface area contributed by atoms with E-state index in [-0.39, 0.29) is 18.3 Å². The van der Waals surface area contributed by atoms with Crippen molar-refractivity contribution < 1.29 is 9.53 Å². The van der Waals surface area contributed by atoms with Crippen LogP contribution in [0.3, 0.4) is 0 Å². The molecule has 4 nitrogen and oxygen atoms in total. The minimum absolute atomic E-state index is 0. The fraction of sp³-hybridized carbons (Fsp3) is 0.316. The molecule has 0 bridgehead atoms. The third kappa shape index (κ3) is 6.22. The van der Waals surface area contributed by atoms with Crippen LogP contribution in [-0.2, 0) is 4.79 Å². The van der Waals surface area contributed by atoms with Crippen molar-refractivity contribution in [3.63, 3.8) is 0 Å². The van der Waals surface area contributed by atoms with E-state index in [1.807, 2.05) is 54.6 Å². The summed E-state index contributed by atoms with van der Waals surface area (Å²) < 4.78 is 5.66. The average molecular weight is 349 g/mol. The predicted octanol–water partition coefficient (Wildman–Crippen LogP) is 4.17. The van der Waals surface area contributed by atoms with E-state index >= 15 is 0 Å². The maximum atomic E-state index is 12.2. The molecular weight excluding hydrogens is 324 g/mol. The number of hydrogen-bond donors (Lipinski definition) is 2. The summed E-state index contributed by atoms with van der Waals surface area (Å²) in [7, 11) is 0. The van der Waals surface area contributed by atoms with E-state index in [0.29, 0.717) is 18.2 Å². The molecule has 0 saturated heterocycles. The van der Waals surface area contributed by atoms with Crippen LogP contribution in [0.4, 0.5) is 5.69 Å². The van der Waals surface area contributed by atoms with Gasteiger partial charge in [-0.1, -0.05) is 44.2 Å². The fourth-order valence-corrected chi connectivity index (χ4v) is 2.08. The first-order valence-electron chi connectivity index (χ1n) is 7.90. The Bertz CT molecular complexity index is 615. The number of amides is 1. The molecule has 2 aromatic carbocycles. The number of ether oxygens (including phenoxy) is 1. The normalized spacial score (nSPS) is 11.5. The monoisotopic (exact) mass is 348 g/mol. The molecule has 2 aromatic rings. The molecule has 0 spiro atoms. The van der Waals surface area contributed by atoms with Crippen LogP contribution in [0.5, 0.6) is 5.75 Å². The zero-order chi connectivity index (χ0) is 16.7. The van der Waals surface area contributed by atoms with Gasteiger partial charge in [0.25, 0.3) is 0 Å². The highest BCUT2D eigenvalue weighted by atomic mass is 35.5. The second-order valence-electron chi connectivity index (χ2n) is 5.93. The van der Waals surface area contributed by atoms with Crippen molar-refractivity contribution in [1.29, 1.82) is 0 Å². The molecule has 130 valence electrons. The Hall–Kier alpha value is -2.04. The molecule has 3 N–H and O–H groups in total. The zero-order valence-electron chi connectivity index (χ0n) is 14.1. The molecule has 0 saturated carbocycles. The van der Waals surface area contributed by atoms with Crippen LogP contribution in [0.2, 0.25) is 0 Å². The number of carbonyl (C=O) groups excluding carboxylic acids is 1. The molecule has 0 aliphatic carbocycles. The third-order valence-electron chi connectivity index (χ3n) is 3.53. The lowest BCUT2D eigenvalue weighted by Gasteiger charge is -2.13. The van der Waals surface area contributed by atoms with E-state index in [1.165, 1.54) is 0 Å². The number of anilines is 1. The lowest BCUT2D eigenvalue weighted by molar-refractivity contribution is -0.117. The van der Waals surface area contributed by atoms with Gasteiger partial charge in [-0.3, -0.25) is 4.79 Å². The second-order valence-corrected chi connectivity index (χ2v) is 5.93. The van der Waals surface area contributed by atoms with Gasteiger partial charge in [-0.05, 0) is 42.2 Å². The number of rotatable bonds is 7. The standard InChI is InChI=1S/C19H24N2O2.ClH/c1-14(2)12-13-23-17-10-8-16(9-11-17)21-19(22)18(20)15-6-4-3-5-7-15;/h3-11,14,18H,12-13,20H2,1-2H3,(H,21,22);1H. The topological polar surface area (TPSA) is 64.3 Å². The Morgan fingerprint density at radius 2 is 1.71 bits per heavy atom. The van der Waals surface area contributed by atoms with Gasteiger partial charge in [-0.15, -0.1) is 12.4 Å². The van der Waals surface area contributed by atoms with Gasteiger partial charge in [0.1, 0.15) is 11.8 Å². The summed E-state index contributed by atoms with van der Waals surface area (Å²) in [6, 6.07) is 16.0. The van der Waals surface area contributed by atoms with Gasteiger partial charge in [-0.25, -0.2) is 0 Å². The van der Waals surface area contributed by atoms with Crippen molar-refractivity contribution in [2.45, 2.75) is 26.3 Å². The summed E-state index contributed by atoms with van der Waals surface area (Å²) in [5, 5.41) is 2.82. The van der Waals surface area contributed by atoms with Crippen molar-refractivity contribution in [2.24, 2.45) is 11.7 Å². The highest BCUT2D eigenvalue weighted by Crippen LogP contribution is 2.18. The van der Waals surface area contributed by atoms with Crippen LogP contribution in [0.25, 0.3) is 0 Å². The lowest BCUT2D eigenvalue weighted by Crippen LogP contribution is -2.27. The van der Waals surface area contributed by atoms with Gasteiger partial charge < -0.3 is 15.8 Å². The molecule has 0 radical (unpaired) electrons. The second kappa shape index (κ2) is 9.96. The third-order valence-corrected chi connectivity index (χ3v) is 3.53. The van der Waals surface area contributed by atoms with Gasteiger partial charge in [0.15, 0.2) is 0 Å². The number of hydrogen-bond acceptors (Lipinski definition) is 3. The summed E-state index contributed by atoms with van der Waals surface area (Å²) >= 11 is 0. The number of carbonyl (C=O) groups is 1. The maximum absolute atomic E-state index is 12.2. The van der Waals surface area contributed by atoms with E-state index < -0.39 is 6.04 Å². The predicted molar refractivity (Wildman–Crippen MR) is 101 cm³/mol. The molecule has 5 heteroatoms. The SMILES string of the molecule is CC(C)CCOc1ccc(NC(=O)C(N)c2ccccc2)cc1.Cl. The number of benzene rings is 2. The molecule has 0 aliphatic rings. The van der Waals surface area contributed by atoms with Crippen LogP contribution in [0.15, 0.2) is 54.6 Å². The summed E-state index contributed by atoms with van der Waals surface area (Å²) in [4.78, 5) is 12.2. The first kappa shape index (κ1) is 20.0. The smallest absolute Gasteiger partial charge is 0.245 e. The molecule has 0 heterocycles. The van der Waals surface area contributed by atoms with Crippen molar-refractivity contribution in [1.82, 2.24) is 0 Å². The molecule has 1 amide bonds. The quantitative estimate of drug-likeness (QED) is 0.789. The Morgan fingerprint density at radius 3 is 2.29 bits per heavy atom. The van der Waals surface area contributed by atoms with Crippen LogP contribution >= 0.6 is 12.4 Å². The van der Waals surface area contributed by atoms with E-state index in [1.54, 1.807) is 0 Å². The van der Waals surface area contributed by atoms with Gasteiger partial charge in [-0.2, -0.15) is 0 Å². The fourth-order valence-electron chi connectivity index (χ4n) is 2.08. The number of halogens is 1. The minimum atomic E-state index is -0.682. The van der Waals surface area contributed by atoms with Crippen LogP contribution in [-0.4, -0.2) is 12.5 Å². The Balaban J connectivity index is 0.00000288. The summed E-state index contributed by atoms with van der Waals surface area (Å²) in [5.74, 6) is 1.19. The van der Waals surface area contributed by atoms with Crippen LogP contribution in [0.1, 0.15) is 31.9 Å². The van der Waals surface area contributed by atoms with Gasteiger partial charge in [0, 0.05) is 5.69 Å². The van der Waals surface area contributed by atoms with Crippen molar-refractivity contribution in [2.75, 3.05) is 11.9 Å². The molecular formula is C19H25ClN2O2.